The zero-order valence-corrected chi connectivity index (χ0v) is 13.4. The van der Waals surface area contributed by atoms with Crippen molar-refractivity contribution >= 4 is 43.2 Å². The Morgan fingerprint density at radius 1 is 1.24 bits per heavy atom. The molecule has 0 amide bonds. The van der Waals surface area contributed by atoms with Crippen LogP contribution >= 0.6 is 43.2 Å². The maximum Gasteiger partial charge on any atom is 0.0761 e. The number of hydrogen-bond donors (Lipinski definition) is 1. The minimum absolute atomic E-state index is 0.248. The summed E-state index contributed by atoms with van der Waals surface area (Å²) in [4.78, 5) is 0. The van der Waals surface area contributed by atoms with Crippen molar-refractivity contribution in [2.45, 2.75) is 13.0 Å². The van der Waals surface area contributed by atoms with Gasteiger partial charge in [0.1, 0.15) is 0 Å². The van der Waals surface area contributed by atoms with Gasteiger partial charge in [-0.2, -0.15) is 0 Å². The molecular weight excluding hydrogens is 362 g/mol. The largest absolute Gasteiger partial charge is 0.306 e. The fourth-order valence-electron chi connectivity index (χ4n) is 1.81. The predicted molar refractivity (Wildman–Crippen MR) is 81.7 cm³/mol. The van der Waals surface area contributed by atoms with Crippen LogP contribution < -0.4 is 5.32 Å². The first-order valence-electron chi connectivity index (χ1n) is 5.45. The van der Waals surface area contributed by atoms with Crippen LogP contribution in [0.15, 0.2) is 44.0 Å². The lowest BCUT2D eigenvalue weighted by Gasteiger charge is -2.18. The second-order valence-electron chi connectivity index (χ2n) is 3.68. The van der Waals surface area contributed by atoms with Crippen LogP contribution in [-0.2, 0) is 0 Å². The molecule has 0 spiro atoms. The van der Waals surface area contributed by atoms with Gasteiger partial charge in [-0.3, -0.25) is 0 Å². The number of hydrogen-bond acceptors (Lipinski definition) is 2. The lowest BCUT2D eigenvalue weighted by molar-refractivity contribution is 0.630. The Kier molecular flexibility index (Phi) is 4.79. The smallest absolute Gasteiger partial charge is 0.0761 e. The van der Waals surface area contributed by atoms with Crippen molar-refractivity contribution in [1.29, 1.82) is 0 Å². The molecule has 1 unspecified atom stereocenters. The van der Waals surface area contributed by atoms with Crippen molar-refractivity contribution in [3.63, 3.8) is 0 Å². The Balaban J connectivity index is 2.39. The van der Waals surface area contributed by atoms with Gasteiger partial charge in [0.05, 0.1) is 13.6 Å². The maximum absolute atomic E-state index is 3.63. The van der Waals surface area contributed by atoms with E-state index >= 15 is 0 Å². The third kappa shape index (κ3) is 3.19. The summed E-state index contributed by atoms with van der Waals surface area (Å²) >= 11 is 8.88. The maximum atomic E-state index is 3.63. The van der Waals surface area contributed by atoms with E-state index < -0.39 is 0 Å². The van der Waals surface area contributed by atoms with Gasteiger partial charge < -0.3 is 5.32 Å². The Morgan fingerprint density at radius 2 is 1.94 bits per heavy atom. The minimum atomic E-state index is 0.248. The summed E-state index contributed by atoms with van der Waals surface area (Å²) in [6.07, 6.45) is 0. The highest BCUT2D eigenvalue weighted by Gasteiger charge is 2.17. The monoisotopic (exact) mass is 373 g/mol. The van der Waals surface area contributed by atoms with Gasteiger partial charge in [-0.15, -0.1) is 11.3 Å². The number of rotatable bonds is 4. The van der Waals surface area contributed by atoms with Crippen molar-refractivity contribution in [1.82, 2.24) is 5.32 Å². The summed E-state index contributed by atoms with van der Waals surface area (Å²) in [7, 11) is 0. The predicted octanol–water partition coefficient (Wildman–Crippen LogP) is 4.97. The van der Waals surface area contributed by atoms with Crippen molar-refractivity contribution in [2.75, 3.05) is 6.54 Å². The van der Waals surface area contributed by atoms with Crippen LogP contribution in [0.5, 0.6) is 0 Å². The third-order valence-electron chi connectivity index (χ3n) is 2.54. The van der Waals surface area contributed by atoms with E-state index in [4.69, 9.17) is 0 Å². The van der Waals surface area contributed by atoms with Gasteiger partial charge in [0.25, 0.3) is 0 Å². The molecule has 1 atom stereocenters. The summed E-state index contributed by atoms with van der Waals surface area (Å²) < 4.78 is 2.33. The SMILES string of the molecule is CCNC(c1ccccc1)c1cc(Br)sc1Br. The van der Waals surface area contributed by atoms with Gasteiger partial charge in [0.2, 0.25) is 0 Å². The first kappa shape index (κ1) is 13.3. The summed E-state index contributed by atoms with van der Waals surface area (Å²) in [5.74, 6) is 0. The third-order valence-corrected chi connectivity index (χ3v) is 4.92. The standard InChI is InChI=1S/C13H13Br2NS/c1-2-16-12(9-6-4-3-5-7-9)10-8-11(14)17-13(10)15/h3-8,12,16H,2H2,1H3. The van der Waals surface area contributed by atoms with Gasteiger partial charge in [-0.25, -0.2) is 0 Å². The molecule has 0 saturated carbocycles. The van der Waals surface area contributed by atoms with Crippen LogP contribution in [0.4, 0.5) is 0 Å². The topological polar surface area (TPSA) is 12.0 Å². The molecule has 0 aliphatic rings. The average molecular weight is 375 g/mol. The van der Waals surface area contributed by atoms with Crippen molar-refractivity contribution in [2.24, 2.45) is 0 Å². The Bertz CT molecular complexity index is 481. The Labute approximate surface area is 123 Å². The normalized spacial score (nSPS) is 12.6. The van der Waals surface area contributed by atoms with E-state index in [1.807, 2.05) is 6.07 Å². The van der Waals surface area contributed by atoms with Gasteiger partial charge in [-0.1, -0.05) is 37.3 Å². The molecule has 17 heavy (non-hydrogen) atoms. The van der Waals surface area contributed by atoms with E-state index in [1.165, 1.54) is 14.9 Å². The molecule has 1 nitrogen and oxygen atoms in total. The molecule has 2 aromatic rings. The first-order chi connectivity index (χ1) is 8.22. The number of halogens is 2. The zero-order chi connectivity index (χ0) is 12.3. The molecule has 0 saturated heterocycles. The Hall–Kier alpha value is -0.160. The van der Waals surface area contributed by atoms with E-state index in [9.17, 15) is 0 Å². The lowest BCUT2D eigenvalue weighted by atomic mass is 10.0. The van der Waals surface area contributed by atoms with Crippen molar-refractivity contribution in [3.8, 4) is 0 Å². The molecule has 90 valence electrons. The van der Waals surface area contributed by atoms with Crippen molar-refractivity contribution < 1.29 is 0 Å². The summed E-state index contributed by atoms with van der Waals surface area (Å²) in [6.45, 7) is 3.07. The summed E-state index contributed by atoms with van der Waals surface area (Å²) in [5.41, 5.74) is 2.58. The average Bonchev–Trinajstić information content (AvgIpc) is 2.66. The number of thiophene rings is 1. The van der Waals surface area contributed by atoms with Crippen LogP contribution in [0.25, 0.3) is 0 Å². The number of benzene rings is 1. The minimum Gasteiger partial charge on any atom is -0.306 e. The second-order valence-corrected chi connectivity index (χ2v) is 7.43. The highest BCUT2D eigenvalue weighted by Crippen LogP contribution is 2.37. The quantitative estimate of drug-likeness (QED) is 0.796. The summed E-state index contributed by atoms with van der Waals surface area (Å²) in [6, 6.07) is 12.9. The van der Waals surface area contributed by atoms with Crippen LogP contribution in [0.2, 0.25) is 0 Å². The molecule has 0 aliphatic carbocycles. The molecule has 0 radical (unpaired) electrons. The molecule has 0 fully saturated rings. The molecule has 1 aromatic heterocycles. The first-order valence-corrected chi connectivity index (χ1v) is 7.85. The molecular formula is C13H13Br2NS. The second kappa shape index (κ2) is 6.14. The molecule has 2 rings (SSSR count). The summed E-state index contributed by atoms with van der Waals surface area (Å²) in [5, 5.41) is 3.53. The molecule has 0 aliphatic heterocycles. The molecule has 4 heteroatoms. The van der Waals surface area contributed by atoms with Crippen molar-refractivity contribution in [3.05, 3.63) is 55.1 Å². The van der Waals surface area contributed by atoms with Gasteiger partial charge in [0.15, 0.2) is 0 Å². The van der Waals surface area contributed by atoms with Crippen LogP contribution in [0.1, 0.15) is 24.1 Å². The van der Waals surface area contributed by atoms with Crippen LogP contribution in [0.3, 0.4) is 0 Å². The zero-order valence-electron chi connectivity index (χ0n) is 9.41. The fraction of sp³-hybridized carbons (Fsp3) is 0.231. The Morgan fingerprint density at radius 3 is 2.47 bits per heavy atom. The highest BCUT2D eigenvalue weighted by molar-refractivity contribution is 9.12. The highest BCUT2D eigenvalue weighted by atomic mass is 79.9. The van der Waals surface area contributed by atoms with Gasteiger partial charge in [0, 0.05) is 0 Å². The van der Waals surface area contributed by atoms with E-state index in [-0.39, 0.29) is 6.04 Å². The van der Waals surface area contributed by atoms with E-state index in [1.54, 1.807) is 11.3 Å². The van der Waals surface area contributed by atoms with Crippen LogP contribution in [0, 0.1) is 0 Å². The molecule has 0 bridgehead atoms. The van der Waals surface area contributed by atoms with Gasteiger partial charge >= 0.3 is 0 Å². The molecule has 1 N–H and O–H groups in total. The van der Waals surface area contributed by atoms with E-state index in [0.29, 0.717) is 0 Å². The fourth-order valence-corrected chi connectivity index (χ4v) is 4.71. The molecule has 1 heterocycles. The lowest BCUT2D eigenvalue weighted by Crippen LogP contribution is -2.21. The van der Waals surface area contributed by atoms with Gasteiger partial charge in [-0.05, 0) is 55.6 Å². The van der Waals surface area contributed by atoms with Crippen LogP contribution in [-0.4, -0.2) is 6.54 Å². The van der Waals surface area contributed by atoms with E-state index in [2.05, 4.69) is 74.4 Å². The molecule has 1 aromatic carbocycles. The van der Waals surface area contributed by atoms with E-state index in [0.717, 1.165) is 10.3 Å². The number of nitrogens with one attached hydrogen (secondary N) is 1.